The number of hydrogen-bond acceptors (Lipinski definition) is 1. The Morgan fingerprint density at radius 1 is 1.17 bits per heavy atom. The molecule has 2 aromatic carbocycles. The van der Waals surface area contributed by atoms with E-state index in [0.717, 1.165) is 21.5 Å². The number of nitrogens with two attached hydrogens (primary N) is 1. The first kappa shape index (κ1) is 13.6. The van der Waals surface area contributed by atoms with Crippen molar-refractivity contribution in [3.8, 4) is 0 Å². The second-order valence-electron chi connectivity index (χ2n) is 4.45. The number of benzene rings is 2. The van der Waals surface area contributed by atoms with Crippen molar-refractivity contribution >= 4 is 27.5 Å². The van der Waals surface area contributed by atoms with E-state index in [1.54, 1.807) is 0 Å². The molecule has 0 radical (unpaired) electrons. The third-order valence-electron chi connectivity index (χ3n) is 2.98. The summed E-state index contributed by atoms with van der Waals surface area (Å²) in [4.78, 5) is 0. The zero-order valence-electron chi connectivity index (χ0n) is 10.2. The van der Waals surface area contributed by atoms with Gasteiger partial charge in [0.15, 0.2) is 0 Å². The molecule has 0 bridgehead atoms. The molecule has 1 unspecified atom stereocenters. The Labute approximate surface area is 121 Å². The first-order valence-corrected chi connectivity index (χ1v) is 6.99. The molecule has 0 aliphatic heterocycles. The quantitative estimate of drug-likeness (QED) is 0.873. The molecule has 0 fully saturated rings. The lowest BCUT2D eigenvalue weighted by atomic mass is 9.98. The summed E-state index contributed by atoms with van der Waals surface area (Å²) < 4.78 is 1.12. The van der Waals surface area contributed by atoms with E-state index < -0.39 is 0 Å². The largest absolute Gasteiger partial charge is 0.324 e. The molecule has 0 heterocycles. The van der Waals surface area contributed by atoms with Gasteiger partial charge in [-0.05, 0) is 48.2 Å². The van der Waals surface area contributed by atoms with Crippen LogP contribution in [0.2, 0.25) is 5.02 Å². The molecule has 0 spiro atoms. The predicted molar refractivity (Wildman–Crippen MR) is 81.0 cm³/mol. The number of rotatable bonds is 3. The highest BCUT2D eigenvalue weighted by atomic mass is 79.9. The summed E-state index contributed by atoms with van der Waals surface area (Å²) in [5.74, 6) is 0. The molecular weight excluding hydrogens is 310 g/mol. The first-order valence-electron chi connectivity index (χ1n) is 5.82. The van der Waals surface area contributed by atoms with Crippen LogP contribution in [0.4, 0.5) is 0 Å². The zero-order valence-corrected chi connectivity index (χ0v) is 12.5. The number of aryl methyl sites for hydroxylation is 1. The third kappa shape index (κ3) is 3.35. The Morgan fingerprint density at radius 2 is 1.83 bits per heavy atom. The molecule has 1 nitrogen and oxygen atoms in total. The van der Waals surface area contributed by atoms with E-state index in [2.05, 4.69) is 35.0 Å². The smallest absolute Gasteiger partial charge is 0.0406 e. The summed E-state index contributed by atoms with van der Waals surface area (Å²) in [5.41, 5.74) is 9.80. The Morgan fingerprint density at radius 3 is 2.44 bits per heavy atom. The van der Waals surface area contributed by atoms with E-state index in [1.165, 1.54) is 11.1 Å². The van der Waals surface area contributed by atoms with Gasteiger partial charge in [-0.25, -0.2) is 0 Å². The van der Waals surface area contributed by atoms with Crippen molar-refractivity contribution in [1.82, 2.24) is 0 Å². The van der Waals surface area contributed by atoms with Crippen LogP contribution in [0.5, 0.6) is 0 Å². The maximum atomic E-state index is 6.24. The van der Waals surface area contributed by atoms with Gasteiger partial charge in [-0.3, -0.25) is 0 Å². The van der Waals surface area contributed by atoms with E-state index in [9.17, 15) is 0 Å². The Hall–Kier alpha value is -0.830. The lowest BCUT2D eigenvalue weighted by molar-refractivity contribution is 0.721. The van der Waals surface area contributed by atoms with Gasteiger partial charge >= 0.3 is 0 Å². The van der Waals surface area contributed by atoms with Gasteiger partial charge in [0.1, 0.15) is 0 Å². The van der Waals surface area contributed by atoms with Crippen LogP contribution >= 0.6 is 27.5 Å². The highest BCUT2D eigenvalue weighted by Gasteiger charge is 2.08. The molecule has 2 rings (SSSR count). The summed E-state index contributed by atoms with van der Waals surface area (Å²) in [7, 11) is 0. The second kappa shape index (κ2) is 5.87. The number of halogens is 2. The van der Waals surface area contributed by atoms with E-state index >= 15 is 0 Å². The van der Waals surface area contributed by atoms with Crippen LogP contribution in [0.15, 0.2) is 46.9 Å². The highest BCUT2D eigenvalue weighted by molar-refractivity contribution is 9.10. The second-order valence-corrected chi connectivity index (χ2v) is 5.74. The molecule has 0 saturated heterocycles. The van der Waals surface area contributed by atoms with Gasteiger partial charge in [0.2, 0.25) is 0 Å². The molecule has 0 aromatic heterocycles. The van der Waals surface area contributed by atoms with Crippen LogP contribution in [0.25, 0.3) is 0 Å². The van der Waals surface area contributed by atoms with Crippen molar-refractivity contribution in [2.24, 2.45) is 5.73 Å². The molecule has 2 N–H and O–H groups in total. The van der Waals surface area contributed by atoms with Crippen molar-refractivity contribution in [3.63, 3.8) is 0 Å². The topological polar surface area (TPSA) is 26.0 Å². The van der Waals surface area contributed by atoms with Crippen LogP contribution < -0.4 is 5.73 Å². The maximum Gasteiger partial charge on any atom is 0.0406 e. The van der Waals surface area contributed by atoms with Crippen LogP contribution in [0, 0.1) is 6.92 Å². The average molecular weight is 325 g/mol. The zero-order chi connectivity index (χ0) is 13.1. The van der Waals surface area contributed by atoms with Crippen molar-refractivity contribution in [2.75, 3.05) is 0 Å². The maximum absolute atomic E-state index is 6.24. The molecule has 0 amide bonds. The van der Waals surface area contributed by atoms with E-state index in [1.807, 2.05) is 30.3 Å². The van der Waals surface area contributed by atoms with Crippen molar-refractivity contribution in [3.05, 3.63) is 68.7 Å². The van der Waals surface area contributed by atoms with Gasteiger partial charge in [-0.15, -0.1) is 0 Å². The predicted octanol–water partition coefficient (Wildman–Crippen LogP) is 4.65. The summed E-state index contributed by atoms with van der Waals surface area (Å²) in [6, 6.07) is 14.1. The molecule has 94 valence electrons. The van der Waals surface area contributed by atoms with Gasteiger partial charge in [0.05, 0.1) is 0 Å². The van der Waals surface area contributed by atoms with Crippen molar-refractivity contribution < 1.29 is 0 Å². The first-order chi connectivity index (χ1) is 8.56. The minimum atomic E-state index is 0.0120. The van der Waals surface area contributed by atoms with Crippen LogP contribution in [0.3, 0.4) is 0 Å². The molecule has 18 heavy (non-hydrogen) atoms. The van der Waals surface area contributed by atoms with E-state index in [-0.39, 0.29) is 6.04 Å². The van der Waals surface area contributed by atoms with Crippen LogP contribution in [-0.4, -0.2) is 0 Å². The monoisotopic (exact) mass is 323 g/mol. The molecular formula is C15H15BrClN. The average Bonchev–Trinajstić information content (AvgIpc) is 2.35. The summed E-state index contributed by atoms with van der Waals surface area (Å²) in [5, 5.41) is 0.756. The Kier molecular flexibility index (Phi) is 4.44. The minimum absolute atomic E-state index is 0.0120. The van der Waals surface area contributed by atoms with Gasteiger partial charge in [-0.2, -0.15) is 0 Å². The van der Waals surface area contributed by atoms with Crippen molar-refractivity contribution in [2.45, 2.75) is 19.4 Å². The molecule has 3 heteroatoms. The molecule has 2 aromatic rings. The fraction of sp³-hybridized carbons (Fsp3) is 0.200. The van der Waals surface area contributed by atoms with Gasteiger partial charge in [0.25, 0.3) is 0 Å². The van der Waals surface area contributed by atoms with Gasteiger partial charge < -0.3 is 5.73 Å². The van der Waals surface area contributed by atoms with E-state index in [4.69, 9.17) is 17.3 Å². The highest BCUT2D eigenvalue weighted by Crippen LogP contribution is 2.22. The normalized spacial score (nSPS) is 12.4. The minimum Gasteiger partial charge on any atom is -0.324 e. The molecule has 0 aliphatic rings. The molecule has 0 saturated carbocycles. The summed E-state index contributed by atoms with van der Waals surface area (Å²) in [6.07, 6.45) is 0.818. The lowest BCUT2D eigenvalue weighted by Crippen LogP contribution is -2.13. The molecule has 0 aliphatic carbocycles. The standard InChI is InChI=1S/C15H15BrClN/c1-10-8-12(4-7-14(10)16)15(18)9-11-2-5-13(17)6-3-11/h2-8,15H,9,18H2,1H3. The number of hydrogen-bond donors (Lipinski definition) is 1. The van der Waals surface area contributed by atoms with E-state index in [0.29, 0.717) is 0 Å². The Bertz CT molecular complexity index is 537. The summed E-state index contributed by atoms with van der Waals surface area (Å²) >= 11 is 9.36. The SMILES string of the molecule is Cc1cc(C(N)Cc2ccc(Cl)cc2)ccc1Br. The molecule has 1 atom stereocenters. The van der Waals surface area contributed by atoms with Crippen LogP contribution in [0.1, 0.15) is 22.7 Å². The fourth-order valence-electron chi connectivity index (χ4n) is 1.89. The summed E-state index contributed by atoms with van der Waals surface area (Å²) in [6.45, 7) is 2.07. The van der Waals surface area contributed by atoms with Crippen LogP contribution in [-0.2, 0) is 6.42 Å². The lowest BCUT2D eigenvalue weighted by Gasteiger charge is -2.13. The van der Waals surface area contributed by atoms with Crippen molar-refractivity contribution in [1.29, 1.82) is 0 Å². The van der Waals surface area contributed by atoms with Gasteiger partial charge in [0, 0.05) is 15.5 Å². The fourth-order valence-corrected chi connectivity index (χ4v) is 2.26. The third-order valence-corrected chi connectivity index (χ3v) is 4.12. The Balaban J connectivity index is 2.13. The van der Waals surface area contributed by atoms with Gasteiger partial charge in [-0.1, -0.05) is 51.8 Å².